The molecule has 1 fully saturated rings. The standard InChI is InChI=1S/C20H25N3O2S2/c1-15-6-8-17(9-7-15)21-20(26)22-18-10-12-19(13-11-18)27(24,25)23-14-4-3-5-16(23)2/h6-13,16H,3-5,14H2,1-2H3,(H2,21,22,26). The van der Waals surface area contributed by atoms with E-state index < -0.39 is 10.0 Å². The van der Waals surface area contributed by atoms with Gasteiger partial charge >= 0.3 is 0 Å². The lowest BCUT2D eigenvalue weighted by atomic mass is 10.1. The molecule has 0 amide bonds. The number of nitrogens with one attached hydrogen (secondary N) is 2. The van der Waals surface area contributed by atoms with Crippen molar-refractivity contribution in [1.82, 2.24) is 4.31 Å². The van der Waals surface area contributed by atoms with Crippen LogP contribution in [0.3, 0.4) is 0 Å². The molecule has 2 aromatic carbocycles. The van der Waals surface area contributed by atoms with Crippen LogP contribution in [-0.4, -0.2) is 30.4 Å². The zero-order chi connectivity index (χ0) is 19.4. The van der Waals surface area contributed by atoms with Crippen molar-refractivity contribution in [3.05, 3.63) is 54.1 Å². The van der Waals surface area contributed by atoms with Crippen LogP contribution in [0.15, 0.2) is 53.4 Å². The lowest BCUT2D eigenvalue weighted by Gasteiger charge is -2.32. The quantitative estimate of drug-likeness (QED) is 0.743. The number of aryl methyl sites for hydroxylation is 1. The molecule has 1 unspecified atom stereocenters. The van der Waals surface area contributed by atoms with Gasteiger partial charge in [-0.25, -0.2) is 8.42 Å². The Labute approximate surface area is 166 Å². The van der Waals surface area contributed by atoms with Crippen LogP contribution in [0.5, 0.6) is 0 Å². The first kappa shape index (κ1) is 19.8. The third kappa shape index (κ3) is 4.86. The number of anilines is 2. The van der Waals surface area contributed by atoms with Gasteiger partial charge in [0.1, 0.15) is 0 Å². The fourth-order valence-electron chi connectivity index (χ4n) is 3.20. The Morgan fingerprint density at radius 2 is 1.56 bits per heavy atom. The topological polar surface area (TPSA) is 61.4 Å². The van der Waals surface area contributed by atoms with Gasteiger partial charge in [-0.05, 0) is 75.3 Å². The summed E-state index contributed by atoms with van der Waals surface area (Å²) in [6.45, 7) is 4.59. The van der Waals surface area contributed by atoms with E-state index in [0.29, 0.717) is 16.6 Å². The minimum atomic E-state index is -3.45. The molecular formula is C20H25N3O2S2. The Bertz CT molecular complexity index is 894. The van der Waals surface area contributed by atoms with Crippen LogP contribution in [0.4, 0.5) is 11.4 Å². The summed E-state index contributed by atoms with van der Waals surface area (Å²) >= 11 is 5.33. The highest BCUT2D eigenvalue weighted by atomic mass is 32.2. The molecular weight excluding hydrogens is 378 g/mol. The summed E-state index contributed by atoms with van der Waals surface area (Å²) in [5.74, 6) is 0. The van der Waals surface area contributed by atoms with E-state index in [2.05, 4.69) is 10.6 Å². The van der Waals surface area contributed by atoms with Crippen molar-refractivity contribution in [2.24, 2.45) is 0 Å². The lowest BCUT2D eigenvalue weighted by Crippen LogP contribution is -2.41. The normalized spacial score (nSPS) is 18.1. The van der Waals surface area contributed by atoms with E-state index in [-0.39, 0.29) is 6.04 Å². The van der Waals surface area contributed by atoms with Gasteiger partial charge in [-0.2, -0.15) is 4.31 Å². The fraction of sp³-hybridized carbons (Fsp3) is 0.350. The van der Waals surface area contributed by atoms with E-state index in [1.165, 1.54) is 5.56 Å². The SMILES string of the molecule is Cc1ccc(NC(=S)Nc2ccc(S(=O)(=O)N3CCCCC3C)cc2)cc1. The van der Waals surface area contributed by atoms with Gasteiger partial charge in [-0.15, -0.1) is 0 Å². The molecule has 5 nitrogen and oxygen atoms in total. The molecule has 7 heteroatoms. The van der Waals surface area contributed by atoms with E-state index in [9.17, 15) is 8.42 Å². The Kier molecular flexibility index (Phi) is 6.14. The van der Waals surface area contributed by atoms with Gasteiger partial charge < -0.3 is 10.6 Å². The van der Waals surface area contributed by atoms with Crippen molar-refractivity contribution in [3.8, 4) is 0 Å². The highest BCUT2D eigenvalue weighted by Gasteiger charge is 2.30. The van der Waals surface area contributed by atoms with Gasteiger partial charge in [0.25, 0.3) is 0 Å². The molecule has 0 saturated carbocycles. The van der Waals surface area contributed by atoms with Crippen molar-refractivity contribution in [2.45, 2.75) is 44.0 Å². The fourth-order valence-corrected chi connectivity index (χ4v) is 5.14. The van der Waals surface area contributed by atoms with Crippen molar-refractivity contribution >= 4 is 38.7 Å². The van der Waals surface area contributed by atoms with Crippen LogP contribution in [0, 0.1) is 6.92 Å². The second kappa shape index (κ2) is 8.37. The molecule has 0 bridgehead atoms. The molecule has 2 N–H and O–H groups in total. The molecule has 0 spiro atoms. The van der Waals surface area contributed by atoms with Crippen LogP contribution < -0.4 is 10.6 Å². The smallest absolute Gasteiger partial charge is 0.243 e. The van der Waals surface area contributed by atoms with E-state index in [1.54, 1.807) is 28.6 Å². The van der Waals surface area contributed by atoms with Crippen molar-refractivity contribution in [2.75, 3.05) is 17.2 Å². The maximum absolute atomic E-state index is 12.9. The van der Waals surface area contributed by atoms with Crippen LogP contribution in [0.25, 0.3) is 0 Å². The van der Waals surface area contributed by atoms with E-state index in [1.807, 2.05) is 38.1 Å². The maximum atomic E-state index is 12.9. The van der Waals surface area contributed by atoms with Crippen LogP contribution in [0.2, 0.25) is 0 Å². The zero-order valence-corrected chi connectivity index (χ0v) is 17.2. The molecule has 2 aromatic rings. The number of sulfonamides is 1. The Balaban J connectivity index is 1.66. The summed E-state index contributed by atoms with van der Waals surface area (Å²) in [5.41, 5.74) is 2.82. The maximum Gasteiger partial charge on any atom is 0.243 e. The number of piperidine rings is 1. The Morgan fingerprint density at radius 3 is 2.11 bits per heavy atom. The summed E-state index contributed by atoms with van der Waals surface area (Å²) in [7, 11) is -3.45. The third-order valence-electron chi connectivity index (χ3n) is 4.77. The van der Waals surface area contributed by atoms with Gasteiger partial charge in [0.2, 0.25) is 10.0 Å². The largest absolute Gasteiger partial charge is 0.332 e. The minimum Gasteiger partial charge on any atom is -0.332 e. The number of rotatable bonds is 4. The summed E-state index contributed by atoms with van der Waals surface area (Å²) in [5, 5.41) is 6.66. The zero-order valence-electron chi connectivity index (χ0n) is 15.6. The highest BCUT2D eigenvalue weighted by molar-refractivity contribution is 7.89. The number of benzene rings is 2. The van der Waals surface area contributed by atoms with Crippen molar-refractivity contribution in [3.63, 3.8) is 0 Å². The third-order valence-corrected chi connectivity index (χ3v) is 7.00. The first-order chi connectivity index (χ1) is 12.9. The molecule has 0 aromatic heterocycles. The first-order valence-corrected chi connectivity index (χ1v) is 11.0. The summed E-state index contributed by atoms with van der Waals surface area (Å²) in [6, 6.07) is 14.7. The molecule has 1 atom stereocenters. The molecule has 144 valence electrons. The summed E-state index contributed by atoms with van der Waals surface area (Å²) in [6.07, 6.45) is 2.92. The van der Waals surface area contributed by atoms with Gasteiger partial charge in [-0.3, -0.25) is 0 Å². The van der Waals surface area contributed by atoms with Gasteiger partial charge in [-0.1, -0.05) is 24.1 Å². The Morgan fingerprint density at radius 1 is 1.00 bits per heavy atom. The van der Waals surface area contributed by atoms with Crippen LogP contribution in [-0.2, 0) is 10.0 Å². The van der Waals surface area contributed by atoms with Gasteiger partial charge in [0.05, 0.1) is 4.90 Å². The minimum absolute atomic E-state index is 0.0489. The number of hydrogen-bond donors (Lipinski definition) is 2. The molecule has 0 radical (unpaired) electrons. The number of hydrogen-bond acceptors (Lipinski definition) is 3. The first-order valence-electron chi connectivity index (χ1n) is 9.13. The van der Waals surface area contributed by atoms with Crippen molar-refractivity contribution < 1.29 is 8.42 Å². The number of thiocarbonyl (C=S) groups is 1. The van der Waals surface area contributed by atoms with Gasteiger partial charge in [0.15, 0.2) is 5.11 Å². The second-order valence-corrected chi connectivity index (χ2v) is 9.23. The van der Waals surface area contributed by atoms with E-state index in [4.69, 9.17) is 12.2 Å². The average molecular weight is 404 g/mol. The number of nitrogens with zero attached hydrogens (tertiary/aromatic N) is 1. The molecule has 3 rings (SSSR count). The molecule has 1 heterocycles. The molecule has 0 aliphatic carbocycles. The predicted molar refractivity (Wildman–Crippen MR) is 115 cm³/mol. The average Bonchev–Trinajstić information content (AvgIpc) is 2.64. The summed E-state index contributed by atoms with van der Waals surface area (Å²) < 4.78 is 27.3. The summed E-state index contributed by atoms with van der Waals surface area (Å²) in [4.78, 5) is 0.319. The highest BCUT2D eigenvalue weighted by Crippen LogP contribution is 2.26. The predicted octanol–water partition coefficient (Wildman–Crippen LogP) is 4.37. The van der Waals surface area contributed by atoms with E-state index in [0.717, 1.165) is 30.6 Å². The molecule has 1 aliphatic heterocycles. The van der Waals surface area contributed by atoms with Crippen LogP contribution in [0.1, 0.15) is 31.7 Å². The molecule has 1 saturated heterocycles. The van der Waals surface area contributed by atoms with Gasteiger partial charge in [0, 0.05) is 24.0 Å². The lowest BCUT2D eigenvalue weighted by molar-refractivity contribution is 0.268. The second-order valence-electron chi connectivity index (χ2n) is 6.93. The monoisotopic (exact) mass is 403 g/mol. The Hall–Kier alpha value is -1.96. The van der Waals surface area contributed by atoms with E-state index >= 15 is 0 Å². The molecule has 27 heavy (non-hydrogen) atoms. The van der Waals surface area contributed by atoms with Crippen molar-refractivity contribution in [1.29, 1.82) is 0 Å². The van der Waals surface area contributed by atoms with Crippen LogP contribution >= 0.6 is 12.2 Å². The molecule has 1 aliphatic rings.